The lowest BCUT2D eigenvalue weighted by Gasteiger charge is -2.24. The number of ether oxygens (including phenoxy) is 1. The van der Waals surface area contributed by atoms with E-state index in [-0.39, 0.29) is 10.9 Å². The predicted octanol–water partition coefficient (Wildman–Crippen LogP) is 3.99. The van der Waals surface area contributed by atoms with Crippen molar-refractivity contribution in [1.82, 2.24) is 0 Å². The SMILES string of the molecule is CCOc1cc(S(=O)(=O)N2c3ccccc3C[C@@H]2C)ccc1Br. The van der Waals surface area contributed by atoms with Gasteiger partial charge in [0.25, 0.3) is 10.0 Å². The lowest BCUT2D eigenvalue weighted by atomic mass is 10.1. The zero-order valence-corrected chi connectivity index (χ0v) is 15.4. The topological polar surface area (TPSA) is 46.6 Å². The molecule has 0 N–H and O–H groups in total. The van der Waals surface area contributed by atoms with Gasteiger partial charge in [0, 0.05) is 12.1 Å². The number of para-hydroxylation sites is 1. The van der Waals surface area contributed by atoms with Crippen LogP contribution in [0.15, 0.2) is 51.8 Å². The van der Waals surface area contributed by atoms with Crippen molar-refractivity contribution in [3.63, 3.8) is 0 Å². The minimum atomic E-state index is -3.63. The highest BCUT2D eigenvalue weighted by molar-refractivity contribution is 9.10. The van der Waals surface area contributed by atoms with Gasteiger partial charge in [-0.1, -0.05) is 18.2 Å². The van der Waals surface area contributed by atoms with E-state index in [1.54, 1.807) is 18.2 Å². The molecule has 0 fully saturated rings. The fraction of sp³-hybridized carbons (Fsp3) is 0.294. The van der Waals surface area contributed by atoms with Crippen LogP contribution >= 0.6 is 15.9 Å². The van der Waals surface area contributed by atoms with Gasteiger partial charge in [-0.25, -0.2) is 8.42 Å². The van der Waals surface area contributed by atoms with Crippen LogP contribution in [0.25, 0.3) is 0 Å². The number of hydrogen-bond acceptors (Lipinski definition) is 3. The van der Waals surface area contributed by atoms with Crippen LogP contribution < -0.4 is 9.04 Å². The maximum absolute atomic E-state index is 13.1. The van der Waals surface area contributed by atoms with Crippen molar-refractivity contribution in [2.24, 2.45) is 0 Å². The van der Waals surface area contributed by atoms with E-state index in [0.717, 1.165) is 22.1 Å². The van der Waals surface area contributed by atoms with E-state index in [9.17, 15) is 8.42 Å². The molecule has 2 aromatic carbocycles. The molecule has 0 saturated carbocycles. The Morgan fingerprint density at radius 1 is 1.26 bits per heavy atom. The number of rotatable bonds is 4. The van der Waals surface area contributed by atoms with E-state index < -0.39 is 10.0 Å². The van der Waals surface area contributed by atoms with Gasteiger partial charge in [0.05, 0.1) is 21.7 Å². The summed E-state index contributed by atoms with van der Waals surface area (Å²) in [6, 6.07) is 12.4. The number of nitrogens with zero attached hydrogens (tertiary/aromatic N) is 1. The molecular weight excluding hydrogens is 378 g/mol. The summed E-state index contributed by atoms with van der Waals surface area (Å²) < 4.78 is 34.0. The second-order valence-electron chi connectivity index (χ2n) is 5.51. The van der Waals surface area contributed by atoms with Crippen LogP contribution in [0.2, 0.25) is 0 Å². The van der Waals surface area contributed by atoms with Gasteiger partial charge >= 0.3 is 0 Å². The summed E-state index contributed by atoms with van der Waals surface area (Å²) in [6.07, 6.45) is 0.726. The summed E-state index contributed by atoms with van der Waals surface area (Å²) in [7, 11) is -3.63. The number of benzene rings is 2. The number of anilines is 1. The molecular formula is C17H18BrNO3S. The van der Waals surface area contributed by atoms with E-state index in [4.69, 9.17) is 4.74 Å². The summed E-state index contributed by atoms with van der Waals surface area (Å²) in [5, 5.41) is 0. The van der Waals surface area contributed by atoms with Crippen LogP contribution in [-0.2, 0) is 16.4 Å². The molecule has 0 radical (unpaired) electrons. The molecule has 0 aromatic heterocycles. The highest BCUT2D eigenvalue weighted by Crippen LogP contribution is 2.38. The molecule has 1 aliphatic rings. The monoisotopic (exact) mass is 395 g/mol. The van der Waals surface area contributed by atoms with Crippen molar-refractivity contribution in [3.05, 3.63) is 52.5 Å². The molecule has 0 unspecified atom stereocenters. The van der Waals surface area contributed by atoms with Crippen molar-refractivity contribution >= 4 is 31.6 Å². The molecule has 0 spiro atoms. The second kappa shape index (κ2) is 6.17. The van der Waals surface area contributed by atoms with Crippen LogP contribution in [0, 0.1) is 0 Å². The van der Waals surface area contributed by atoms with Crippen molar-refractivity contribution in [2.75, 3.05) is 10.9 Å². The second-order valence-corrected chi connectivity index (χ2v) is 8.18. The fourth-order valence-electron chi connectivity index (χ4n) is 2.93. The molecule has 4 nitrogen and oxygen atoms in total. The van der Waals surface area contributed by atoms with Gasteiger partial charge in [0.15, 0.2) is 0 Å². The summed E-state index contributed by atoms with van der Waals surface area (Å²) in [5.41, 5.74) is 1.83. The van der Waals surface area contributed by atoms with Gasteiger partial charge in [-0.3, -0.25) is 4.31 Å². The lowest BCUT2D eigenvalue weighted by molar-refractivity contribution is 0.337. The van der Waals surface area contributed by atoms with E-state index in [0.29, 0.717) is 12.4 Å². The zero-order chi connectivity index (χ0) is 16.6. The summed E-state index contributed by atoms with van der Waals surface area (Å²) in [5.74, 6) is 0.536. The van der Waals surface area contributed by atoms with E-state index in [2.05, 4.69) is 15.9 Å². The Kier molecular flexibility index (Phi) is 4.38. The summed E-state index contributed by atoms with van der Waals surface area (Å²) in [4.78, 5) is 0.243. The standard InChI is InChI=1S/C17H18BrNO3S/c1-3-22-17-11-14(8-9-15(17)18)23(20,21)19-12(2)10-13-6-4-5-7-16(13)19/h4-9,11-12H,3,10H2,1-2H3/t12-/m0/s1. The molecule has 2 aromatic rings. The molecule has 0 amide bonds. The summed E-state index contributed by atoms with van der Waals surface area (Å²) >= 11 is 3.39. The molecule has 0 bridgehead atoms. The zero-order valence-electron chi connectivity index (χ0n) is 13.0. The van der Waals surface area contributed by atoms with Gasteiger partial charge in [0.2, 0.25) is 0 Å². The molecule has 122 valence electrons. The first kappa shape index (κ1) is 16.3. The van der Waals surface area contributed by atoms with E-state index >= 15 is 0 Å². The molecule has 1 aliphatic heterocycles. The normalized spacial score (nSPS) is 17.2. The van der Waals surface area contributed by atoms with E-state index in [1.165, 1.54) is 4.31 Å². The Labute approximate surface area is 145 Å². The van der Waals surface area contributed by atoms with Crippen LogP contribution in [0.5, 0.6) is 5.75 Å². The van der Waals surface area contributed by atoms with Crippen LogP contribution in [0.4, 0.5) is 5.69 Å². The van der Waals surface area contributed by atoms with Gasteiger partial charge < -0.3 is 4.74 Å². The smallest absolute Gasteiger partial charge is 0.264 e. The number of hydrogen-bond donors (Lipinski definition) is 0. The average Bonchev–Trinajstić information content (AvgIpc) is 2.85. The maximum Gasteiger partial charge on any atom is 0.264 e. The lowest BCUT2D eigenvalue weighted by Crippen LogP contribution is -2.35. The fourth-order valence-corrected chi connectivity index (χ4v) is 5.00. The number of sulfonamides is 1. The Bertz CT molecular complexity index is 835. The Morgan fingerprint density at radius 2 is 2.00 bits per heavy atom. The molecule has 23 heavy (non-hydrogen) atoms. The average molecular weight is 396 g/mol. The Morgan fingerprint density at radius 3 is 2.74 bits per heavy atom. The molecule has 0 saturated heterocycles. The molecule has 6 heteroatoms. The first-order valence-electron chi connectivity index (χ1n) is 7.50. The van der Waals surface area contributed by atoms with Crippen molar-refractivity contribution < 1.29 is 13.2 Å². The molecule has 3 rings (SSSR count). The third-order valence-corrected chi connectivity index (χ3v) is 6.48. The predicted molar refractivity (Wildman–Crippen MR) is 94.6 cm³/mol. The molecule has 0 aliphatic carbocycles. The van der Waals surface area contributed by atoms with Crippen molar-refractivity contribution in [2.45, 2.75) is 31.2 Å². The first-order valence-corrected chi connectivity index (χ1v) is 9.73. The Hall–Kier alpha value is -1.53. The first-order chi connectivity index (χ1) is 10.9. The van der Waals surface area contributed by atoms with E-state index in [1.807, 2.05) is 38.1 Å². The van der Waals surface area contributed by atoms with Crippen LogP contribution in [0.3, 0.4) is 0 Å². The Balaban J connectivity index is 2.07. The van der Waals surface area contributed by atoms with Crippen molar-refractivity contribution in [3.8, 4) is 5.75 Å². The molecule has 1 atom stereocenters. The molecule has 1 heterocycles. The number of halogens is 1. The van der Waals surface area contributed by atoms with Gasteiger partial charge in [-0.15, -0.1) is 0 Å². The number of fused-ring (bicyclic) bond motifs is 1. The van der Waals surface area contributed by atoms with Gasteiger partial charge in [0.1, 0.15) is 5.75 Å². The summed E-state index contributed by atoms with van der Waals surface area (Å²) in [6.45, 7) is 4.28. The third-order valence-electron chi connectivity index (χ3n) is 3.90. The van der Waals surface area contributed by atoms with Crippen molar-refractivity contribution in [1.29, 1.82) is 0 Å². The highest BCUT2D eigenvalue weighted by atomic mass is 79.9. The minimum absolute atomic E-state index is 0.100. The minimum Gasteiger partial charge on any atom is -0.493 e. The van der Waals surface area contributed by atoms with Gasteiger partial charge in [-0.05, 0) is 60.0 Å². The third kappa shape index (κ3) is 2.85. The van der Waals surface area contributed by atoms with Crippen LogP contribution in [0.1, 0.15) is 19.4 Å². The maximum atomic E-state index is 13.1. The quantitative estimate of drug-likeness (QED) is 0.785. The highest BCUT2D eigenvalue weighted by Gasteiger charge is 2.36. The largest absolute Gasteiger partial charge is 0.493 e. The van der Waals surface area contributed by atoms with Gasteiger partial charge in [-0.2, -0.15) is 0 Å². The van der Waals surface area contributed by atoms with Crippen LogP contribution in [-0.4, -0.2) is 21.1 Å².